The topological polar surface area (TPSA) is 58.6 Å². The van der Waals surface area contributed by atoms with Crippen molar-refractivity contribution in [3.63, 3.8) is 0 Å². The quantitative estimate of drug-likeness (QED) is 0.880. The van der Waals surface area contributed by atoms with Crippen LogP contribution in [0.25, 0.3) is 11.4 Å². The van der Waals surface area contributed by atoms with Crippen molar-refractivity contribution >= 4 is 0 Å². The van der Waals surface area contributed by atoms with E-state index in [2.05, 4.69) is 15.0 Å². The summed E-state index contributed by atoms with van der Waals surface area (Å²) >= 11 is 0. The molecule has 4 nitrogen and oxygen atoms in total. The summed E-state index contributed by atoms with van der Waals surface area (Å²) in [4.78, 5) is 23.6. The Hall–Kier alpha value is -1.97. The van der Waals surface area contributed by atoms with Gasteiger partial charge in [0.25, 0.3) is 5.56 Å². The summed E-state index contributed by atoms with van der Waals surface area (Å²) in [6.45, 7) is 7.70. The zero-order valence-electron chi connectivity index (χ0n) is 11.2. The zero-order chi connectivity index (χ0) is 13.3. The average molecular weight is 243 g/mol. The van der Waals surface area contributed by atoms with E-state index in [1.807, 2.05) is 39.8 Å². The molecule has 0 amide bonds. The number of nitrogens with zero attached hydrogens (tertiary/aromatic N) is 2. The lowest BCUT2D eigenvalue weighted by Crippen LogP contribution is -2.16. The summed E-state index contributed by atoms with van der Waals surface area (Å²) in [5.74, 6) is 0.614. The average Bonchev–Trinajstić information content (AvgIpc) is 2.27. The Bertz CT molecular complexity index is 624. The molecule has 0 saturated heterocycles. The zero-order valence-corrected chi connectivity index (χ0v) is 11.2. The predicted molar refractivity (Wildman–Crippen MR) is 71.7 cm³/mol. The fourth-order valence-electron chi connectivity index (χ4n) is 2.13. The summed E-state index contributed by atoms with van der Waals surface area (Å²) in [6.07, 6.45) is 0.697. The Morgan fingerprint density at radius 3 is 2.22 bits per heavy atom. The van der Waals surface area contributed by atoms with E-state index in [-0.39, 0.29) is 5.56 Å². The first kappa shape index (κ1) is 12.5. The summed E-state index contributed by atoms with van der Waals surface area (Å²) in [5.41, 5.74) is 4.24. The second-order valence-corrected chi connectivity index (χ2v) is 4.47. The molecule has 18 heavy (non-hydrogen) atoms. The first-order chi connectivity index (χ1) is 8.51. The first-order valence-corrected chi connectivity index (χ1v) is 6.06. The fourth-order valence-corrected chi connectivity index (χ4v) is 2.13. The van der Waals surface area contributed by atoms with Gasteiger partial charge in [0.15, 0.2) is 0 Å². The molecule has 0 atom stereocenters. The molecule has 2 aromatic heterocycles. The van der Waals surface area contributed by atoms with Gasteiger partial charge in [-0.2, -0.15) is 0 Å². The Balaban J connectivity index is 2.61. The first-order valence-electron chi connectivity index (χ1n) is 6.06. The van der Waals surface area contributed by atoms with Gasteiger partial charge < -0.3 is 4.98 Å². The van der Waals surface area contributed by atoms with E-state index in [9.17, 15) is 4.79 Å². The Labute approximate surface area is 106 Å². The standard InChI is InChI=1S/C14H17N3O/c1-5-12-10(4)16-13(17-14(12)18)11-6-8(2)15-9(3)7-11/h6-7H,5H2,1-4H3,(H,16,17,18). The van der Waals surface area contributed by atoms with E-state index in [0.717, 1.165) is 28.2 Å². The maximum Gasteiger partial charge on any atom is 0.254 e. The molecule has 0 bridgehead atoms. The highest BCUT2D eigenvalue weighted by Gasteiger charge is 2.08. The molecule has 2 rings (SSSR count). The minimum Gasteiger partial charge on any atom is -0.306 e. The van der Waals surface area contributed by atoms with Crippen molar-refractivity contribution in [2.24, 2.45) is 0 Å². The monoisotopic (exact) mass is 243 g/mol. The van der Waals surface area contributed by atoms with E-state index in [0.29, 0.717) is 12.2 Å². The van der Waals surface area contributed by atoms with Gasteiger partial charge in [0.1, 0.15) is 5.82 Å². The van der Waals surface area contributed by atoms with Crippen LogP contribution in [-0.2, 0) is 6.42 Å². The third-order valence-electron chi connectivity index (χ3n) is 2.93. The smallest absolute Gasteiger partial charge is 0.254 e. The number of aromatic nitrogens is 3. The van der Waals surface area contributed by atoms with Crippen molar-refractivity contribution in [2.45, 2.75) is 34.1 Å². The Morgan fingerprint density at radius 1 is 1.11 bits per heavy atom. The molecule has 4 heteroatoms. The van der Waals surface area contributed by atoms with Crippen LogP contribution < -0.4 is 5.56 Å². The van der Waals surface area contributed by atoms with Gasteiger partial charge in [-0.15, -0.1) is 0 Å². The molecular weight excluding hydrogens is 226 g/mol. The van der Waals surface area contributed by atoms with Gasteiger partial charge in [-0.1, -0.05) is 6.92 Å². The molecule has 0 radical (unpaired) electrons. The van der Waals surface area contributed by atoms with Crippen LogP contribution in [0.4, 0.5) is 0 Å². The van der Waals surface area contributed by atoms with Crippen molar-refractivity contribution in [3.8, 4) is 11.4 Å². The highest BCUT2D eigenvalue weighted by atomic mass is 16.1. The number of hydrogen-bond donors (Lipinski definition) is 1. The minimum absolute atomic E-state index is 0.0490. The number of nitrogens with one attached hydrogen (secondary N) is 1. The summed E-state index contributed by atoms with van der Waals surface area (Å²) < 4.78 is 0. The lowest BCUT2D eigenvalue weighted by Gasteiger charge is -2.07. The predicted octanol–water partition coefficient (Wildman–Crippen LogP) is 2.32. The Morgan fingerprint density at radius 2 is 1.72 bits per heavy atom. The van der Waals surface area contributed by atoms with Gasteiger partial charge in [0.2, 0.25) is 0 Å². The number of pyridine rings is 1. The highest BCUT2D eigenvalue weighted by molar-refractivity contribution is 5.56. The molecule has 0 aliphatic heterocycles. The third kappa shape index (κ3) is 2.32. The van der Waals surface area contributed by atoms with Crippen molar-refractivity contribution in [1.82, 2.24) is 15.0 Å². The van der Waals surface area contributed by atoms with E-state index < -0.39 is 0 Å². The molecule has 0 aliphatic carbocycles. The molecule has 0 fully saturated rings. The summed E-state index contributed by atoms with van der Waals surface area (Å²) in [5, 5.41) is 0. The van der Waals surface area contributed by atoms with Crippen LogP contribution in [0.1, 0.15) is 29.6 Å². The lowest BCUT2D eigenvalue weighted by atomic mass is 10.1. The molecule has 2 aromatic rings. The van der Waals surface area contributed by atoms with Crippen LogP contribution in [-0.4, -0.2) is 15.0 Å². The lowest BCUT2D eigenvalue weighted by molar-refractivity contribution is 0.965. The van der Waals surface area contributed by atoms with E-state index >= 15 is 0 Å². The summed E-state index contributed by atoms with van der Waals surface area (Å²) in [7, 11) is 0. The number of rotatable bonds is 2. The van der Waals surface area contributed by atoms with Crippen molar-refractivity contribution in [1.29, 1.82) is 0 Å². The van der Waals surface area contributed by atoms with Crippen molar-refractivity contribution in [3.05, 3.63) is 45.1 Å². The van der Waals surface area contributed by atoms with Crippen LogP contribution in [0.2, 0.25) is 0 Å². The van der Waals surface area contributed by atoms with Crippen molar-refractivity contribution in [2.75, 3.05) is 0 Å². The maximum atomic E-state index is 11.9. The van der Waals surface area contributed by atoms with Gasteiger partial charge >= 0.3 is 0 Å². The maximum absolute atomic E-state index is 11.9. The molecular formula is C14H17N3O. The third-order valence-corrected chi connectivity index (χ3v) is 2.93. The van der Waals surface area contributed by atoms with Gasteiger partial charge in [-0.25, -0.2) is 4.98 Å². The number of aryl methyl sites for hydroxylation is 3. The highest BCUT2D eigenvalue weighted by Crippen LogP contribution is 2.16. The van der Waals surface area contributed by atoms with Gasteiger partial charge in [-0.05, 0) is 39.3 Å². The summed E-state index contributed by atoms with van der Waals surface area (Å²) in [6, 6.07) is 3.85. The van der Waals surface area contributed by atoms with Crippen LogP contribution in [0.5, 0.6) is 0 Å². The molecule has 0 aromatic carbocycles. The van der Waals surface area contributed by atoms with Crippen LogP contribution in [0.3, 0.4) is 0 Å². The SMILES string of the molecule is CCc1c(C)nc(-c2cc(C)nc(C)c2)[nH]c1=O. The second kappa shape index (κ2) is 4.72. The number of aromatic amines is 1. The molecule has 0 saturated carbocycles. The largest absolute Gasteiger partial charge is 0.306 e. The molecule has 0 unspecified atom stereocenters. The van der Waals surface area contributed by atoms with E-state index in [4.69, 9.17) is 0 Å². The number of hydrogen-bond acceptors (Lipinski definition) is 3. The molecule has 2 heterocycles. The van der Waals surface area contributed by atoms with E-state index in [1.54, 1.807) is 0 Å². The normalized spacial score (nSPS) is 10.7. The second-order valence-electron chi connectivity index (χ2n) is 4.47. The van der Waals surface area contributed by atoms with Gasteiger partial charge in [-0.3, -0.25) is 9.78 Å². The van der Waals surface area contributed by atoms with Gasteiger partial charge in [0.05, 0.1) is 0 Å². The number of H-pyrrole nitrogens is 1. The molecule has 0 spiro atoms. The van der Waals surface area contributed by atoms with E-state index in [1.165, 1.54) is 0 Å². The van der Waals surface area contributed by atoms with Crippen LogP contribution >= 0.6 is 0 Å². The Kier molecular flexibility index (Phi) is 3.28. The molecule has 0 aliphatic rings. The fraction of sp³-hybridized carbons (Fsp3) is 0.357. The van der Waals surface area contributed by atoms with Crippen molar-refractivity contribution < 1.29 is 0 Å². The van der Waals surface area contributed by atoms with Crippen LogP contribution in [0.15, 0.2) is 16.9 Å². The van der Waals surface area contributed by atoms with Crippen LogP contribution in [0, 0.1) is 20.8 Å². The molecule has 1 N–H and O–H groups in total. The van der Waals surface area contributed by atoms with Gasteiger partial charge in [0, 0.05) is 28.2 Å². The molecule has 94 valence electrons. The minimum atomic E-state index is -0.0490.